The van der Waals surface area contributed by atoms with Crippen LogP contribution in [0.25, 0.3) is 0 Å². The highest BCUT2D eigenvalue weighted by atomic mass is 19.3. The van der Waals surface area contributed by atoms with Crippen LogP contribution in [-0.2, 0) is 5.92 Å². The molecule has 1 aliphatic heterocycles. The summed E-state index contributed by atoms with van der Waals surface area (Å²) in [6.07, 6.45) is -0.150. The van der Waals surface area contributed by atoms with Crippen LogP contribution < -0.4 is 5.32 Å². The van der Waals surface area contributed by atoms with Gasteiger partial charge < -0.3 is 5.32 Å². The second-order valence-electron chi connectivity index (χ2n) is 4.17. The fourth-order valence-electron chi connectivity index (χ4n) is 1.70. The van der Waals surface area contributed by atoms with Gasteiger partial charge in [0.1, 0.15) is 5.82 Å². The molecule has 0 spiro atoms. The quantitative estimate of drug-likeness (QED) is 0.800. The van der Waals surface area contributed by atoms with E-state index in [-0.39, 0.29) is 24.4 Å². The summed E-state index contributed by atoms with van der Waals surface area (Å²) in [6, 6.07) is 3.17. The molecule has 2 nitrogen and oxygen atoms in total. The van der Waals surface area contributed by atoms with Crippen molar-refractivity contribution in [1.29, 1.82) is 0 Å². The summed E-state index contributed by atoms with van der Waals surface area (Å²) < 4.78 is 26.9. The lowest BCUT2D eigenvalue weighted by atomic mass is 10.0. The number of aromatic nitrogens is 1. The molecule has 0 aliphatic carbocycles. The number of fused-ring (bicyclic) bond motifs is 1. The van der Waals surface area contributed by atoms with Gasteiger partial charge in [-0.05, 0) is 18.1 Å². The summed E-state index contributed by atoms with van der Waals surface area (Å²) in [5.74, 6) is -2.13. The van der Waals surface area contributed by atoms with Gasteiger partial charge in [0.25, 0.3) is 5.92 Å². The first kappa shape index (κ1) is 13.9. The first-order chi connectivity index (χ1) is 8.00. The predicted octanol–water partition coefficient (Wildman–Crippen LogP) is 4.14. The minimum Gasteiger partial charge on any atom is -0.369 e. The van der Waals surface area contributed by atoms with E-state index in [1.165, 1.54) is 6.07 Å². The van der Waals surface area contributed by atoms with Crippen LogP contribution in [0, 0.1) is 0 Å². The monoisotopic (exact) mass is 242 g/mol. The van der Waals surface area contributed by atoms with Crippen LogP contribution in [0.3, 0.4) is 0 Å². The molecule has 1 aliphatic rings. The Morgan fingerprint density at radius 1 is 1.29 bits per heavy atom. The van der Waals surface area contributed by atoms with Gasteiger partial charge in [0.2, 0.25) is 0 Å². The standard InChI is InChI=1S/C11H14F2N2.C2H6/c1-7(2)9-4-3-8-10(15-9)14-6-5-11(8,12)13;1-2/h3-4,7H,5-6H2,1-2H3,(H,14,15);1-2H3. The minimum absolute atomic E-state index is 0.0261. The summed E-state index contributed by atoms with van der Waals surface area (Å²) in [7, 11) is 0. The molecule has 1 N–H and O–H groups in total. The predicted molar refractivity (Wildman–Crippen MR) is 66.7 cm³/mol. The van der Waals surface area contributed by atoms with Gasteiger partial charge in [0, 0.05) is 18.7 Å². The number of nitrogens with zero attached hydrogens (tertiary/aromatic N) is 1. The Morgan fingerprint density at radius 3 is 2.53 bits per heavy atom. The minimum atomic E-state index is -2.73. The third-order valence-electron chi connectivity index (χ3n) is 2.63. The molecular weight excluding hydrogens is 222 g/mol. The molecule has 1 aromatic heterocycles. The zero-order valence-electron chi connectivity index (χ0n) is 10.8. The largest absolute Gasteiger partial charge is 0.369 e. The fraction of sp³-hybridized carbons (Fsp3) is 0.615. The third-order valence-corrected chi connectivity index (χ3v) is 2.63. The van der Waals surface area contributed by atoms with Crippen LogP contribution in [0.5, 0.6) is 0 Å². The molecule has 0 saturated heterocycles. The van der Waals surface area contributed by atoms with Gasteiger partial charge >= 0.3 is 0 Å². The second kappa shape index (κ2) is 5.43. The molecule has 0 unspecified atom stereocenters. The maximum absolute atomic E-state index is 13.4. The molecule has 2 heterocycles. The Bertz CT molecular complexity index is 376. The van der Waals surface area contributed by atoms with E-state index in [9.17, 15) is 8.78 Å². The summed E-state index contributed by atoms with van der Waals surface area (Å²) in [6.45, 7) is 8.28. The van der Waals surface area contributed by atoms with Crippen molar-refractivity contribution in [1.82, 2.24) is 4.98 Å². The lowest BCUT2D eigenvalue weighted by Gasteiger charge is -2.26. The first-order valence-corrected chi connectivity index (χ1v) is 6.14. The van der Waals surface area contributed by atoms with Gasteiger partial charge in [-0.1, -0.05) is 27.7 Å². The molecule has 0 amide bonds. The fourth-order valence-corrected chi connectivity index (χ4v) is 1.70. The van der Waals surface area contributed by atoms with Crippen LogP contribution >= 0.6 is 0 Å². The van der Waals surface area contributed by atoms with Crippen molar-refractivity contribution in [3.05, 3.63) is 23.4 Å². The zero-order valence-corrected chi connectivity index (χ0v) is 10.8. The molecule has 96 valence electrons. The molecule has 17 heavy (non-hydrogen) atoms. The van der Waals surface area contributed by atoms with E-state index in [0.717, 1.165) is 5.69 Å². The van der Waals surface area contributed by atoms with Crippen molar-refractivity contribution in [2.75, 3.05) is 11.9 Å². The molecule has 0 aromatic carbocycles. The molecule has 2 rings (SSSR count). The van der Waals surface area contributed by atoms with Crippen molar-refractivity contribution in [2.45, 2.75) is 46.0 Å². The van der Waals surface area contributed by atoms with E-state index in [1.54, 1.807) is 6.07 Å². The maximum Gasteiger partial charge on any atom is 0.278 e. The Labute approximate surface area is 101 Å². The molecule has 0 fully saturated rings. The average molecular weight is 242 g/mol. The number of hydrogen-bond acceptors (Lipinski definition) is 2. The van der Waals surface area contributed by atoms with Crippen molar-refractivity contribution < 1.29 is 8.78 Å². The number of alkyl halides is 2. The zero-order chi connectivity index (χ0) is 13.1. The van der Waals surface area contributed by atoms with Gasteiger partial charge in [-0.25, -0.2) is 13.8 Å². The molecule has 0 bridgehead atoms. The lowest BCUT2D eigenvalue weighted by Crippen LogP contribution is -2.27. The Kier molecular flexibility index (Phi) is 4.43. The van der Waals surface area contributed by atoms with Crippen LogP contribution in [-0.4, -0.2) is 11.5 Å². The Hall–Kier alpha value is -1.19. The number of pyridine rings is 1. The maximum atomic E-state index is 13.4. The molecule has 0 atom stereocenters. The first-order valence-electron chi connectivity index (χ1n) is 6.14. The normalized spacial score (nSPS) is 16.6. The van der Waals surface area contributed by atoms with Crippen molar-refractivity contribution >= 4 is 5.82 Å². The number of hydrogen-bond donors (Lipinski definition) is 1. The highest BCUT2D eigenvalue weighted by molar-refractivity contribution is 5.50. The Balaban J connectivity index is 0.000000686. The van der Waals surface area contributed by atoms with E-state index in [4.69, 9.17) is 0 Å². The third kappa shape index (κ3) is 2.93. The van der Waals surface area contributed by atoms with Crippen LogP contribution in [0.15, 0.2) is 12.1 Å². The van der Waals surface area contributed by atoms with Gasteiger partial charge in [-0.15, -0.1) is 0 Å². The van der Waals surface area contributed by atoms with Crippen molar-refractivity contribution in [2.24, 2.45) is 0 Å². The molecule has 1 aromatic rings. The van der Waals surface area contributed by atoms with Gasteiger partial charge in [0.05, 0.1) is 5.56 Å². The van der Waals surface area contributed by atoms with Crippen molar-refractivity contribution in [3.8, 4) is 0 Å². The summed E-state index contributed by atoms with van der Waals surface area (Å²) in [4.78, 5) is 4.22. The van der Waals surface area contributed by atoms with E-state index in [1.807, 2.05) is 27.7 Å². The van der Waals surface area contributed by atoms with E-state index < -0.39 is 5.92 Å². The molecule has 4 heteroatoms. The van der Waals surface area contributed by atoms with E-state index in [0.29, 0.717) is 5.82 Å². The molecule has 0 radical (unpaired) electrons. The number of rotatable bonds is 1. The summed E-state index contributed by atoms with van der Waals surface area (Å²) in [5, 5.41) is 2.92. The summed E-state index contributed by atoms with van der Waals surface area (Å²) in [5.41, 5.74) is 0.872. The second-order valence-corrected chi connectivity index (χ2v) is 4.17. The molecule has 0 saturated carbocycles. The van der Waals surface area contributed by atoms with Crippen LogP contribution in [0.1, 0.15) is 51.3 Å². The topological polar surface area (TPSA) is 24.9 Å². The number of anilines is 1. The number of nitrogens with one attached hydrogen (secondary N) is 1. The lowest BCUT2D eigenvalue weighted by molar-refractivity contribution is -0.0127. The SMILES string of the molecule is CC.CC(C)c1ccc2c(n1)NCCC2(F)F. The highest BCUT2D eigenvalue weighted by Crippen LogP contribution is 2.39. The van der Waals surface area contributed by atoms with Gasteiger partial charge in [-0.3, -0.25) is 0 Å². The van der Waals surface area contributed by atoms with Crippen molar-refractivity contribution in [3.63, 3.8) is 0 Å². The molecular formula is C13H20F2N2. The van der Waals surface area contributed by atoms with E-state index >= 15 is 0 Å². The van der Waals surface area contributed by atoms with Crippen LogP contribution in [0.2, 0.25) is 0 Å². The van der Waals surface area contributed by atoms with Gasteiger partial charge in [-0.2, -0.15) is 0 Å². The summed E-state index contributed by atoms with van der Waals surface area (Å²) >= 11 is 0. The highest BCUT2D eigenvalue weighted by Gasteiger charge is 2.37. The Morgan fingerprint density at radius 2 is 1.94 bits per heavy atom. The average Bonchev–Trinajstić information content (AvgIpc) is 2.30. The number of halogens is 2. The van der Waals surface area contributed by atoms with E-state index in [2.05, 4.69) is 10.3 Å². The van der Waals surface area contributed by atoms with Crippen LogP contribution in [0.4, 0.5) is 14.6 Å². The van der Waals surface area contributed by atoms with Gasteiger partial charge in [0.15, 0.2) is 0 Å². The smallest absolute Gasteiger partial charge is 0.278 e.